The molecular weight excluding hydrogens is 186 g/mol. The standard InChI is InChI=1S/C9H19NO4/c1-5-8(11)10-7(6-12-2)9(13-3)14-4/h7,9H,5-6H2,1-4H3,(H,10,11). The van der Waals surface area contributed by atoms with Gasteiger partial charge < -0.3 is 19.5 Å². The van der Waals surface area contributed by atoms with E-state index in [-0.39, 0.29) is 11.9 Å². The highest BCUT2D eigenvalue weighted by atomic mass is 16.7. The molecule has 0 aliphatic carbocycles. The molecule has 84 valence electrons. The third kappa shape index (κ3) is 4.55. The molecule has 0 fully saturated rings. The van der Waals surface area contributed by atoms with Crippen molar-refractivity contribution in [2.75, 3.05) is 27.9 Å². The molecular formula is C9H19NO4. The molecule has 1 amide bonds. The number of carbonyl (C=O) groups is 1. The summed E-state index contributed by atoms with van der Waals surface area (Å²) in [5.74, 6) is -0.0499. The largest absolute Gasteiger partial charge is 0.382 e. The van der Waals surface area contributed by atoms with Gasteiger partial charge in [0.2, 0.25) is 5.91 Å². The predicted molar refractivity (Wildman–Crippen MR) is 51.9 cm³/mol. The number of rotatable bonds is 7. The first kappa shape index (κ1) is 13.4. The van der Waals surface area contributed by atoms with Crippen LogP contribution in [0.1, 0.15) is 13.3 Å². The van der Waals surface area contributed by atoms with Crippen LogP contribution < -0.4 is 5.32 Å². The van der Waals surface area contributed by atoms with E-state index in [2.05, 4.69) is 5.32 Å². The van der Waals surface area contributed by atoms with E-state index in [9.17, 15) is 4.79 Å². The van der Waals surface area contributed by atoms with Crippen molar-refractivity contribution in [1.82, 2.24) is 5.32 Å². The van der Waals surface area contributed by atoms with Gasteiger partial charge in [-0.05, 0) is 0 Å². The summed E-state index contributed by atoms with van der Waals surface area (Å²) in [5.41, 5.74) is 0. The van der Waals surface area contributed by atoms with Gasteiger partial charge in [0.25, 0.3) is 0 Å². The van der Waals surface area contributed by atoms with E-state index in [0.29, 0.717) is 13.0 Å². The second kappa shape index (κ2) is 7.73. The van der Waals surface area contributed by atoms with E-state index in [0.717, 1.165) is 0 Å². The molecule has 0 heterocycles. The van der Waals surface area contributed by atoms with Crippen LogP contribution in [0.3, 0.4) is 0 Å². The van der Waals surface area contributed by atoms with Crippen LogP contribution in [0.25, 0.3) is 0 Å². The van der Waals surface area contributed by atoms with Crippen LogP contribution in [0.2, 0.25) is 0 Å². The maximum atomic E-state index is 11.2. The van der Waals surface area contributed by atoms with E-state index < -0.39 is 6.29 Å². The summed E-state index contributed by atoms with van der Waals surface area (Å²) in [6.45, 7) is 2.14. The Hall–Kier alpha value is -0.650. The highest BCUT2D eigenvalue weighted by molar-refractivity contribution is 5.75. The second-order valence-electron chi connectivity index (χ2n) is 2.82. The third-order valence-electron chi connectivity index (χ3n) is 1.81. The SMILES string of the molecule is CCC(=O)NC(COC)C(OC)OC. The molecule has 5 heteroatoms. The summed E-state index contributed by atoms with van der Waals surface area (Å²) >= 11 is 0. The Morgan fingerprint density at radius 3 is 2.21 bits per heavy atom. The number of carbonyl (C=O) groups excluding carboxylic acids is 1. The summed E-state index contributed by atoms with van der Waals surface area (Å²) < 4.78 is 15.0. The highest BCUT2D eigenvalue weighted by Crippen LogP contribution is 2.00. The second-order valence-corrected chi connectivity index (χ2v) is 2.82. The smallest absolute Gasteiger partial charge is 0.220 e. The normalized spacial score (nSPS) is 12.9. The molecule has 0 spiro atoms. The molecule has 0 saturated heterocycles. The summed E-state index contributed by atoms with van der Waals surface area (Å²) in [6.07, 6.45) is -0.0501. The first-order valence-corrected chi connectivity index (χ1v) is 4.53. The molecule has 0 radical (unpaired) electrons. The number of hydrogen-bond acceptors (Lipinski definition) is 4. The maximum Gasteiger partial charge on any atom is 0.220 e. The predicted octanol–water partition coefficient (Wildman–Crippen LogP) is 0.146. The minimum atomic E-state index is -0.481. The Balaban J connectivity index is 4.17. The van der Waals surface area contributed by atoms with Crippen molar-refractivity contribution >= 4 is 5.91 Å². The van der Waals surface area contributed by atoms with Crippen LogP contribution in [0.5, 0.6) is 0 Å². The van der Waals surface area contributed by atoms with Crippen LogP contribution in [0, 0.1) is 0 Å². The van der Waals surface area contributed by atoms with Crippen molar-refractivity contribution in [3.63, 3.8) is 0 Å². The quantitative estimate of drug-likeness (QED) is 0.601. The lowest BCUT2D eigenvalue weighted by molar-refractivity contribution is -0.143. The molecule has 0 aliphatic rings. The van der Waals surface area contributed by atoms with Crippen molar-refractivity contribution in [1.29, 1.82) is 0 Å². The Kier molecular flexibility index (Phi) is 7.37. The molecule has 1 N–H and O–H groups in total. The fraction of sp³-hybridized carbons (Fsp3) is 0.889. The van der Waals surface area contributed by atoms with Gasteiger partial charge in [-0.2, -0.15) is 0 Å². The lowest BCUT2D eigenvalue weighted by Gasteiger charge is -2.24. The molecule has 1 unspecified atom stereocenters. The monoisotopic (exact) mass is 205 g/mol. The number of amides is 1. The zero-order valence-electron chi connectivity index (χ0n) is 9.20. The van der Waals surface area contributed by atoms with Gasteiger partial charge in [-0.15, -0.1) is 0 Å². The number of nitrogens with one attached hydrogen (secondary N) is 1. The topological polar surface area (TPSA) is 56.8 Å². The number of methoxy groups -OCH3 is 3. The van der Waals surface area contributed by atoms with Crippen LogP contribution in [-0.4, -0.2) is 46.2 Å². The van der Waals surface area contributed by atoms with Crippen molar-refractivity contribution in [3.8, 4) is 0 Å². The zero-order chi connectivity index (χ0) is 11.0. The minimum absolute atomic E-state index is 0.0499. The van der Waals surface area contributed by atoms with Gasteiger partial charge in [-0.25, -0.2) is 0 Å². The van der Waals surface area contributed by atoms with E-state index in [1.54, 1.807) is 14.0 Å². The lowest BCUT2D eigenvalue weighted by Crippen LogP contribution is -2.47. The number of hydrogen-bond donors (Lipinski definition) is 1. The summed E-state index contributed by atoms with van der Waals surface area (Å²) in [5, 5.41) is 2.76. The van der Waals surface area contributed by atoms with Crippen molar-refractivity contribution in [2.24, 2.45) is 0 Å². The summed E-state index contributed by atoms with van der Waals surface area (Å²) in [6, 6.07) is -0.276. The third-order valence-corrected chi connectivity index (χ3v) is 1.81. The molecule has 0 aliphatic heterocycles. The van der Waals surface area contributed by atoms with Gasteiger partial charge >= 0.3 is 0 Å². The Bertz CT molecular complexity index is 159. The molecule has 5 nitrogen and oxygen atoms in total. The van der Waals surface area contributed by atoms with Crippen LogP contribution in [0.4, 0.5) is 0 Å². The van der Waals surface area contributed by atoms with Gasteiger partial charge in [-0.3, -0.25) is 4.79 Å². The maximum absolute atomic E-state index is 11.2. The van der Waals surface area contributed by atoms with E-state index in [1.165, 1.54) is 14.2 Å². The summed E-state index contributed by atoms with van der Waals surface area (Å²) in [7, 11) is 4.61. The van der Waals surface area contributed by atoms with Crippen molar-refractivity contribution < 1.29 is 19.0 Å². The summed E-state index contributed by atoms with van der Waals surface area (Å²) in [4.78, 5) is 11.2. The van der Waals surface area contributed by atoms with Gasteiger partial charge in [-0.1, -0.05) is 6.92 Å². The highest BCUT2D eigenvalue weighted by Gasteiger charge is 2.21. The Morgan fingerprint density at radius 1 is 1.29 bits per heavy atom. The lowest BCUT2D eigenvalue weighted by atomic mass is 10.3. The van der Waals surface area contributed by atoms with E-state index >= 15 is 0 Å². The van der Waals surface area contributed by atoms with Gasteiger partial charge in [0.05, 0.1) is 6.61 Å². The fourth-order valence-corrected chi connectivity index (χ4v) is 1.10. The first-order chi connectivity index (χ1) is 6.69. The van der Waals surface area contributed by atoms with Crippen molar-refractivity contribution in [3.05, 3.63) is 0 Å². The van der Waals surface area contributed by atoms with Gasteiger partial charge in [0.1, 0.15) is 6.04 Å². The van der Waals surface area contributed by atoms with Crippen LogP contribution in [0.15, 0.2) is 0 Å². The van der Waals surface area contributed by atoms with Gasteiger partial charge in [0, 0.05) is 27.8 Å². The fourth-order valence-electron chi connectivity index (χ4n) is 1.10. The van der Waals surface area contributed by atoms with Crippen LogP contribution >= 0.6 is 0 Å². The van der Waals surface area contributed by atoms with Crippen molar-refractivity contribution in [2.45, 2.75) is 25.7 Å². The molecule has 0 aromatic carbocycles. The minimum Gasteiger partial charge on any atom is -0.382 e. The first-order valence-electron chi connectivity index (χ1n) is 4.53. The van der Waals surface area contributed by atoms with E-state index in [1.807, 2.05) is 0 Å². The Morgan fingerprint density at radius 2 is 1.86 bits per heavy atom. The zero-order valence-corrected chi connectivity index (χ0v) is 9.20. The molecule has 1 atom stereocenters. The van der Waals surface area contributed by atoms with Gasteiger partial charge in [0.15, 0.2) is 6.29 Å². The molecule has 0 bridgehead atoms. The van der Waals surface area contributed by atoms with E-state index in [4.69, 9.17) is 14.2 Å². The molecule has 0 aromatic rings. The molecule has 14 heavy (non-hydrogen) atoms. The molecule has 0 aromatic heterocycles. The number of ether oxygens (including phenoxy) is 3. The average Bonchev–Trinajstić information content (AvgIpc) is 2.19. The average molecular weight is 205 g/mol. The molecule has 0 saturated carbocycles. The molecule has 0 rings (SSSR count). The Labute approximate surface area is 84.7 Å². The van der Waals surface area contributed by atoms with Crippen LogP contribution in [-0.2, 0) is 19.0 Å².